The first-order valence-corrected chi connectivity index (χ1v) is 9.56. The van der Waals surface area contributed by atoms with E-state index < -0.39 is 0 Å². The number of ether oxygens (including phenoxy) is 1. The molecule has 0 atom stereocenters. The number of methoxy groups -OCH3 is 1. The van der Waals surface area contributed by atoms with Crippen LogP contribution in [0.4, 0.5) is 5.69 Å². The number of nitrogens with one attached hydrogen (secondary N) is 2. The lowest BCUT2D eigenvalue weighted by Crippen LogP contribution is -2.19. The van der Waals surface area contributed by atoms with Crippen molar-refractivity contribution >= 4 is 35.1 Å². The first-order chi connectivity index (χ1) is 11.7. The zero-order chi connectivity index (χ0) is 17.4. The Hall–Kier alpha value is -1.71. The van der Waals surface area contributed by atoms with Gasteiger partial charge in [-0.3, -0.25) is 9.36 Å². The highest BCUT2D eigenvalue weighted by atomic mass is 32.2. The van der Waals surface area contributed by atoms with E-state index in [0.717, 1.165) is 10.6 Å². The molecule has 2 rings (SSSR count). The number of H-pyrrole nitrogens is 1. The second kappa shape index (κ2) is 9.55. The Morgan fingerprint density at radius 3 is 2.96 bits per heavy atom. The number of carbonyl (C=O) groups is 1. The van der Waals surface area contributed by atoms with Crippen LogP contribution >= 0.6 is 23.5 Å². The molecule has 130 valence electrons. The maximum atomic E-state index is 12.1. The van der Waals surface area contributed by atoms with Gasteiger partial charge in [-0.05, 0) is 24.8 Å². The molecule has 1 aromatic heterocycles. The number of benzene rings is 1. The number of aromatic nitrogens is 3. The van der Waals surface area contributed by atoms with Gasteiger partial charge < -0.3 is 10.1 Å². The Bertz CT molecular complexity index is 730. The van der Waals surface area contributed by atoms with Crippen molar-refractivity contribution in [3.8, 4) is 0 Å². The minimum atomic E-state index is -0.276. The molecule has 0 fully saturated rings. The fourth-order valence-electron chi connectivity index (χ4n) is 2.04. The molecule has 0 bridgehead atoms. The fourth-order valence-corrected chi connectivity index (χ4v) is 3.37. The second-order valence-corrected chi connectivity index (χ2v) is 6.64. The average molecular weight is 368 g/mol. The predicted molar refractivity (Wildman–Crippen MR) is 96.9 cm³/mol. The van der Waals surface area contributed by atoms with Gasteiger partial charge in [0, 0.05) is 25.2 Å². The third kappa shape index (κ3) is 5.15. The first kappa shape index (κ1) is 18.6. The lowest BCUT2D eigenvalue weighted by atomic mass is 10.3. The highest BCUT2D eigenvalue weighted by molar-refractivity contribution is 7.99. The van der Waals surface area contributed by atoms with E-state index in [4.69, 9.17) is 4.74 Å². The van der Waals surface area contributed by atoms with Gasteiger partial charge in [0.1, 0.15) is 0 Å². The van der Waals surface area contributed by atoms with Crippen molar-refractivity contribution in [2.75, 3.05) is 31.0 Å². The summed E-state index contributed by atoms with van der Waals surface area (Å²) in [5, 5.41) is 9.78. The quantitative estimate of drug-likeness (QED) is 0.520. The molecule has 0 aliphatic rings. The Balaban J connectivity index is 1.93. The van der Waals surface area contributed by atoms with Gasteiger partial charge in [-0.2, -0.15) is 0 Å². The van der Waals surface area contributed by atoms with Crippen LogP contribution in [0.3, 0.4) is 0 Å². The van der Waals surface area contributed by atoms with Gasteiger partial charge in [-0.15, -0.1) is 16.9 Å². The summed E-state index contributed by atoms with van der Waals surface area (Å²) in [4.78, 5) is 24.9. The Morgan fingerprint density at radius 1 is 1.42 bits per heavy atom. The lowest BCUT2D eigenvalue weighted by molar-refractivity contribution is -0.113. The van der Waals surface area contributed by atoms with E-state index >= 15 is 0 Å². The molecule has 0 saturated carbocycles. The molecule has 2 aromatic rings. The summed E-state index contributed by atoms with van der Waals surface area (Å²) < 4.78 is 6.51. The molecule has 24 heavy (non-hydrogen) atoms. The molecule has 1 aromatic carbocycles. The predicted octanol–water partition coefficient (Wildman–Crippen LogP) is 2.06. The van der Waals surface area contributed by atoms with Crippen LogP contribution in [0.1, 0.15) is 6.42 Å². The number of aromatic amines is 1. The first-order valence-electron chi connectivity index (χ1n) is 7.35. The summed E-state index contributed by atoms with van der Waals surface area (Å²) in [6.45, 7) is 1.07. The van der Waals surface area contributed by atoms with E-state index in [2.05, 4.69) is 15.5 Å². The summed E-state index contributed by atoms with van der Waals surface area (Å²) in [7, 11) is 1.62. The van der Waals surface area contributed by atoms with Crippen LogP contribution < -0.4 is 11.0 Å². The summed E-state index contributed by atoms with van der Waals surface area (Å²) in [5.41, 5.74) is 0.511. The molecular weight excluding hydrogens is 348 g/mol. The summed E-state index contributed by atoms with van der Waals surface area (Å²) in [5.74, 6) is 0.0393. The van der Waals surface area contributed by atoms with Crippen LogP contribution in [0, 0.1) is 0 Å². The number of para-hydroxylation sites is 1. The van der Waals surface area contributed by atoms with Crippen LogP contribution in [0.5, 0.6) is 0 Å². The van der Waals surface area contributed by atoms with Crippen molar-refractivity contribution in [3.05, 3.63) is 34.7 Å². The van der Waals surface area contributed by atoms with E-state index in [0.29, 0.717) is 24.7 Å². The minimum absolute atomic E-state index is 0.139. The minimum Gasteiger partial charge on any atom is -0.385 e. The van der Waals surface area contributed by atoms with Gasteiger partial charge in [-0.1, -0.05) is 23.9 Å². The Morgan fingerprint density at radius 2 is 2.21 bits per heavy atom. The highest BCUT2D eigenvalue weighted by Gasteiger charge is 2.12. The summed E-state index contributed by atoms with van der Waals surface area (Å²) in [6, 6.07) is 7.63. The Kier molecular flexibility index (Phi) is 7.41. The molecule has 0 unspecified atom stereocenters. The van der Waals surface area contributed by atoms with Gasteiger partial charge in [0.15, 0.2) is 5.16 Å². The van der Waals surface area contributed by atoms with E-state index in [1.165, 1.54) is 16.3 Å². The lowest BCUT2D eigenvalue weighted by Gasteiger charge is -2.09. The summed E-state index contributed by atoms with van der Waals surface area (Å²) in [6.07, 6.45) is 2.67. The number of nitrogens with zero attached hydrogens (tertiary/aromatic N) is 2. The third-order valence-corrected chi connectivity index (χ3v) is 4.94. The number of rotatable bonds is 9. The van der Waals surface area contributed by atoms with Crippen molar-refractivity contribution in [1.29, 1.82) is 0 Å². The fraction of sp³-hybridized carbons (Fsp3) is 0.400. The molecule has 7 nitrogen and oxygen atoms in total. The monoisotopic (exact) mass is 368 g/mol. The number of carbonyl (C=O) groups excluding carboxylic acids is 1. The molecular formula is C15H20N4O3S2. The van der Waals surface area contributed by atoms with E-state index in [9.17, 15) is 9.59 Å². The average Bonchev–Trinajstić information content (AvgIpc) is 2.94. The van der Waals surface area contributed by atoms with E-state index in [1.54, 1.807) is 18.9 Å². The largest absolute Gasteiger partial charge is 0.385 e. The highest BCUT2D eigenvalue weighted by Crippen LogP contribution is 2.25. The molecule has 0 spiro atoms. The van der Waals surface area contributed by atoms with Crippen molar-refractivity contribution < 1.29 is 9.53 Å². The van der Waals surface area contributed by atoms with Gasteiger partial charge in [-0.25, -0.2) is 9.89 Å². The molecule has 0 aliphatic heterocycles. The SMILES string of the molecule is COCCCn1c(SCC(=O)Nc2ccccc2SC)n[nH]c1=O. The van der Waals surface area contributed by atoms with Crippen molar-refractivity contribution in [2.45, 2.75) is 23.0 Å². The zero-order valence-electron chi connectivity index (χ0n) is 13.6. The van der Waals surface area contributed by atoms with Crippen molar-refractivity contribution in [2.24, 2.45) is 0 Å². The third-order valence-electron chi connectivity index (χ3n) is 3.17. The number of thioether (sulfide) groups is 2. The van der Waals surface area contributed by atoms with Gasteiger partial charge >= 0.3 is 5.69 Å². The topological polar surface area (TPSA) is 89.0 Å². The molecule has 1 heterocycles. The molecule has 0 saturated heterocycles. The standard InChI is InChI=1S/C15H20N4O3S2/c1-22-9-5-8-19-14(21)17-18-15(19)24-10-13(20)16-11-6-3-4-7-12(11)23-2/h3-4,6-7H,5,8-10H2,1-2H3,(H,16,20)(H,17,21). The smallest absolute Gasteiger partial charge is 0.343 e. The second-order valence-electron chi connectivity index (χ2n) is 4.85. The van der Waals surface area contributed by atoms with E-state index in [-0.39, 0.29) is 17.3 Å². The molecule has 1 amide bonds. The maximum absolute atomic E-state index is 12.1. The number of hydrogen-bond donors (Lipinski definition) is 2. The van der Waals surface area contributed by atoms with Crippen LogP contribution in [-0.4, -0.2) is 46.4 Å². The molecule has 9 heteroatoms. The van der Waals surface area contributed by atoms with Crippen LogP contribution in [0.2, 0.25) is 0 Å². The van der Waals surface area contributed by atoms with Gasteiger partial charge in [0.2, 0.25) is 5.91 Å². The normalized spacial score (nSPS) is 10.8. The number of amides is 1. The maximum Gasteiger partial charge on any atom is 0.343 e. The van der Waals surface area contributed by atoms with Gasteiger partial charge in [0.05, 0.1) is 11.4 Å². The summed E-state index contributed by atoms with van der Waals surface area (Å²) >= 11 is 2.80. The molecule has 0 radical (unpaired) electrons. The van der Waals surface area contributed by atoms with Crippen LogP contribution in [-0.2, 0) is 16.1 Å². The molecule has 0 aliphatic carbocycles. The molecule has 2 N–H and O–H groups in total. The van der Waals surface area contributed by atoms with Crippen molar-refractivity contribution in [1.82, 2.24) is 14.8 Å². The van der Waals surface area contributed by atoms with Crippen LogP contribution in [0.25, 0.3) is 0 Å². The van der Waals surface area contributed by atoms with Crippen LogP contribution in [0.15, 0.2) is 39.1 Å². The number of anilines is 1. The zero-order valence-corrected chi connectivity index (χ0v) is 15.2. The van der Waals surface area contributed by atoms with E-state index in [1.807, 2.05) is 30.5 Å². The van der Waals surface area contributed by atoms with Gasteiger partial charge in [0.25, 0.3) is 0 Å². The Labute approximate surface area is 148 Å². The van der Waals surface area contributed by atoms with Crippen molar-refractivity contribution in [3.63, 3.8) is 0 Å². The number of hydrogen-bond acceptors (Lipinski definition) is 6.